The van der Waals surface area contributed by atoms with Crippen molar-refractivity contribution in [1.29, 1.82) is 0 Å². The van der Waals surface area contributed by atoms with Crippen molar-refractivity contribution in [2.45, 2.75) is 13.3 Å². The number of ether oxygens (including phenoxy) is 2. The lowest BCUT2D eigenvalue weighted by atomic mass is 10.1. The maximum atomic E-state index is 5.32. The van der Waals surface area contributed by atoms with Gasteiger partial charge in [0.25, 0.3) is 0 Å². The van der Waals surface area contributed by atoms with Crippen LogP contribution < -0.4 is 20.1 Å². The largest absolute Gasteiger partial charge is 0.493 e. The molecule has 2 aromatic rings. The number of aryl methyl sites for hydroxylation is 1. The molecule has 6 heteroatoms. The van der Waals surface area contributed by atoms with Crippen molar-refractivity contribution in [3.63, 3.8) is 0 Å². The molecule has 0 aliphatic carbocycles. The number of rotatable bonds is 6. The number of methoxy groups -OCH3 is 2. The van der Waals surface area contributed by atoms with E-state index in [1.165, 1.54) is 11.1 Å². The average molecular weight is 455 g/mol. The van der Waals surface area contributed by atoms with Crippen LogP contribution in [0.4, 0.5) is 5.69 Å². The van der Waals surface area contributed by atoms with E-state index in [9.17, 15) is 0 Å². The molecule has 5 nitrogen and oxygen atoms in total. The third-order valence-electron chi connectivity index (χ3n) is 3.70. The zero-order chi connectivity index (χ0) is 17.4. The summed E-state index contributed by atoms with van der Waals surface area (Å²) in [4.78, 5) is 4.25. The summed E-state index contributed by atoms with van der Waals surface area (Å²) in [5, 5.41) is 6.57. The average Bonchev–Trinajstić information content (AvgIpc) is 2.62. The molecule has 0 heterocycles. The molecule has 0 saturated carbocycles. The first-order chi connectivity index (χ1) is 11.7. The van der Waals surface area contributed by atoms with Gasteiger partial charge in [-0.1, -0.05) is 29.8 Å². The fourth-order valence-corrected chi connectivity index (χ4v) is 2.31. The van der Waals surface area contributed by atoms with Gasteiger partial charge in [0, 0.05) is 25.3 Å². The van der Waals surface area contributed by atoms with Gasteiger partial charge in [0.15, 0.2) is 17.5 Å². The topological polar surface area (TPSA) is 54.9 Å². The molecule has 0 aliphatic rings. The fourth-order valence-electron chi connectivity index (χ4n) is 2.31. The molecule has 0 spiro atoms. The van der Waals surface area contributed by atoms with Crippen molar-refractivity contribution in [3.8, 4) is 11.5 Å². The highest BCUT2D eigenvalue weighted by Gasteiger charge is 2.06. The highest BCUT2D eigenvalue weighted by atomic mass is 127. The summed E-state index contributed by atoms with van der Waals surface area (Å²) in [7, 11) is 4.99. The van der Waals surface area contributed by atoms with E-state index < -0.39 is 0 Å². The molecule has 136 valence electrons. The van der Waals surface area contributed by atoms with Crippen LogP contribution >= 0.6 is 24.0 Å². The van der Waals surface area contributed by atoms with Gasteiger partial charge in [0.2, 0.25) is 0 Å². The van der Waals surface area contributed by atoms with Crippen molar-refractivity contribution in [3.05, 3.63) is 53.6 Å². The second-order valence-corrected chi connectivity index (χ2v) is 5.43. The Balaban J connectivity index is 0.00000312. The van der Waals surface area contributed by atoms with Crippen molar-refractivity contribution in [1.82, 2.24) is 5.32 Å². The number of hydrogen-bond donors (Lipinski definition) is 2. The Morgan fingerprint density at radius 3 is 2.28 bits per heavy atom. The number of aliphatic imine (C=N–C) groups is 1. The number of benzene rings is 2. The third-order valence-corrected chi connectivity index (χ3v) is 3.70. The van der Waals surface area contributed by atoms with Crippen molar-refractivity contribution >= 4 is 35.6 Å². The Morgan fingerprint density at radius 1 is 1.00 bits per heavy atom. The van der Waals surface area contributed by atoms with Crippen LogP contribution in [0.5, 0.6) is 11.5 Å². The van der Waals surface area contributed by atoms with Gasteiger partial charge in [-0.05, 0) is 31.0 Å². The van der Waals surface area contributed by atoms with E-state index in [1.54, 1.807) is 21.3 Å². The van der Waals surface area contributed by atoms with Crippen LogP contribution in [-0.4, -0.2) is 33.8 Å². The molecular formula is C19H26IN3O2. The molecule has 0 atom stereocenters. The molecule has 0 amide bonds. The zero-order valence-corrected chi connectivity index (χ0v) is 17.5. The Bertz CT molecular complexity index is 688. The van der Waals surface area contributed by atoms with Gasteiger partial charge in [-0.25, -0.2) is 0 Å². The van der Waals surface area contributed by atoms with E-state index in [1.807, 2.05) is 18.2 Å². The van der Waals surface area contributed by atoms with E-state index in [-0.39, 0.29) is 24.0 Å². The number of hydrogen-bond acceptors (Lipinski definition) is 3. The zero-order valence-electron chi connectivity index (χ0n) is 15.1. The summed E-state index contributed by atoms with van der Waals surface area (Å²) in [5.41, 5.74) is 3.46. The first-order valence-corrected chi connectivity index (χ1v) is 7.91. The van der Waals surface area contributed by atoms with Crippen LogP contribution in [0.3, 0.4) is 0 Å². The molecule has 0 fully saturated rings. The van der Waals surface area contributed by atoms with E-state index >= 15 is 0 Å². The molecule has 25 heavy (non-hydrogen) atoms. The molecule has 2 aromatic carbocycles. The molecule has 0 saturated heterocycles. The second kappa shape index (κ2) is 10.8. The lowest BCUT2D eigenvalue weighted by Gasteiger charge is -2.14. The second-order valence-electron chi connectivity index (χ2n) is 5.43. The Hall–Kier alpha value is -1.96. The maximum absolute atomic E-state index is 5.32. The minimum Gasteiger partial charge on any atom is -0.493 e. The Kier molecular flexibility index (Phi) is 9.12. The van der Waals surface area contributed by atoms with Crippen molar-refractivity contribution in [2.24, 2.45) is 4.99 Å². The SMILES string of the molecule is CN=C(NCCc1ccc(C)cc1)Nc1ccc(OC)c(OC)c1.I. The van der Waals surface area contributed by atoms with Crippen LogP contribution in [0.25, 0.3) is 0 Å². The van der Waals surface area contributed by atoms with Crippen LogP contribution in [0.1, 0.15) is 11.1 Å². The lowest BCUT2D eigenvalue weighted by molar-refractivity contribution is 0.355. The maximum Gasteiger partial charge on any atom is 0.195 e. The fraction of sp³-hybridized carbons (Fsp3) is 0.316. The normalized spacial score (nSPS) is 10.6. The van der Waals surface area contributed by atoms with E-state index in [0.717, 1.165) is 18.7 Å². The molecule has 0 unspecified atom stereocenters. The summed E-state index contributed by atoms with van der Waals surface area (Å²) in [5.74, 6) is 2.09. The predicted molar refractivity (Wildman–Crippen MR) is 115 cm³/mol. The molecule has 2 N–H and O–H groups in total. The van der Waals surface area contributed by atoms with Gasteiger partial charge >= 0.3 is 0 Å². The number of nitrogens with one attached hydrogen (secondary N) is 2. The minimum atomic E-state index is 0. The number of halogens is 1. The highest BCUT2D eigenvalue weighted by Crippen LogP contribution is 2.29. The third kappa shape index (κ3) is 6.45. The minimum absolute atomic E-state index is 0. The molecular weight excluding hydrogens is 429 g/mol. The van der Waals surface area contributed by atoms with Crippen LogP contribution in [0.15, 0.2) is 47.5 Å². The number of nitrogens with zero attached hydrogens (tertiary/aromatic N) is 1. The van der Waals surface area contributed by atoms with Crippen LogP contribution in [-0.2, 0) is 6.42 Å². The molecule has 0 radical (unpaired) electrons. The summed E-state index contributed by atoms with van der Waals surface area (Å²) >= 11 is 0. The monoisotopic (exact) mass is 455 g/mol. The standard InChI is InChI=1S/C19H25N3O2.HI/c1-14-5-7-15(8-6-14)11-12-21-19(20-2)22-16-9-10-17(23-3)18(13-16)24-4;/h5-10,13H,11-12H2,1-4H3,(H2,20,21,22);1H. The molecule has 0 bridgehead atoms. The number of anilines is 1. The summed E-state index contributed by atoms with van der Waals surface area (Å²) in [6, 6.07) is 14.2. The smallest absolute Gasteiger partial charge is 0.195 e. The summed E-state index contributed by atoms with van der Waals surface area (Å²) in [6.07, 6.45) is 0.937. The Morgan fingerprint density at radius 2 is 1.68 bits per heavy atom. The highest BCUT2D eigenvalue weighted by molar-refractivity contribution is 14.0. The first-order valence-electron chi connectivity index (χ1n) is 7.91. The van der Waals surface area contributed by atoms with Crippen LogP contribution in [0, 0.1) is 6.92 Å². The predicted octanol–water partition coefficient (Wildman–Crippen LogP) is 3.86. The van der Waals surface area contributed by atoms with Gasteiger partial charge in [-0.3, -0.25) is 4.99 Å². The molecule has 0 aliphatic heterocycles. The van der Waals surface area contributed by atoms with Gasteiger partial charge in [0.05, 0.1) is 14.2 Å². The van der Waals surface area contributed by atoms with Gasteiger partial charge in [-0.2, -0.15) is 0 Å². The summed E-state index contributed by atoms with van der Waals surface area (Å²) < 4.78 is 10.6. The van der Waals surface area contributed by atoms with Crippen LogP contribution in [0.2, 0.25) is 0 Å². The lowest BCUT2D eigenvalue weighted by Crippen LogP contribution is -2.32. The molecule has 0 aromatic heterocycles. The summed E-state index contributed by atoms with van der Waals surface area (Å²) in [6.45, 7) is 2.90. The number of guanidine groups is 1. The quantitative estimate of drug-likeness (QED) is 0.395. The first kappa shape index (κ1) is 21.1. The van der Waals surface area contributed by atoms with E-state index in [4.69, 9.17) is 9.47 Å². The Labute approximate surface area is 166 Å². The van der Waals surface area contributed by atoms with Gasteiger partial charge < -0.3 is 20.1 Å². The molecule has 2 rings (SSSR count). The van der Waals surface area contributed by atoms with E-state index in [0.29, 0.717) is 17.5 Å². The van der Waals surface area contributed by atoms with E-state index in [2.05, 4.69) is 46.8 Å². The van der Waals surface area contributed by atoms with Crippen molar-refractivity contribution in [2.75, 3.05) is 33.1 Å². The van der Waals surface area contributed by atoms with Gasteiger partial charge in [0.1, 0.15) is 0 Å². The van der Waals surface area contributed by atoms with Crippen molar-refractivity contribution < 1.29 is 9.47 Å². The van der Waals surface area contributed by atoms with Gasteiger partial charge in [-0.15, -0.1) is 24.0 Å².